The van der Waals surface area contributed by atoms with Crippen LogP contribution in [0.15, 0.2) is 45.7 Å². The predicted molar refractivity (Wildman–Crippen MR) is 104 cm³/mol. The van der Waals surface area contributed by atoms with Gasteiger partial charge in [-0.2, -0.15) is 0 Å². The third kappa shape index (κ3) is 3.78. The van der Waals surface area contributed by atoms with Gasteiger partial charge in [0, 0.05) is 19.9 Å². The first-order chi connectivity index (χ1) is 14.1. The summed E-state index contributed by atoms with van der Waals surface area (Å²) in [5.41, 5.74) is 3.39. The number of oxazole rings is 1. The van der Waals surface area contributed by atoms with Gasteiger partial charge in [0.05, 0.1) is 41.6 Å². The molecule has 3 aromatic heterocycles. The summed E-state index contributed by atoms with van der Waals surface area (Å²) in [5, 5.41) is 0.544. The Labute approximate surface area is 166 Å². The number of carbonyl (C=O) groups is 1. The number of imidazole rings is 1. The number of hydrogen-bond acceptors (Lipinski definition) is 5. The lowest BCUT2D eigenvalue weighted by atomic mass is 10.1. The molecule has 0 fully saturated rings. The van der Waals surface area contributed by atoms with Crippen LogP contribution in [0.5, 0.6) is 0 Å². The first kappa shape index (κ1) is 18.9. The summed E-state index contributed by atoms with van der Waals surface area (Å²) in [7, 11) is 0. The van der Waals surface area contributed by atoms with Crippen molar-refractivity contribution in [3.05, 3.63) is 71.4 Å². The fourth-order valence-electron chi connectivity index (χ4n) is 3.36. The Hall–Kier alpha value is -3.42. The number of fused-ring (bicyclic) bond motifs is 2. The van der Waals surface area contributed by atoms with Crippen LogP contribution in [0.4, 0.5) is 4.39 Å². The van der Waals surface area contributed by atoms with Crippen LogP contribution in [0, 0.1) is 12.7 Å². The summed E-state index contributed by atoms with van der Waals surface area (Å²) < 4.78 is 23.2. The van der Waals surface area contributed by atoms with Crippen LogP contribution in [0.25, 0.3) is 11.0 Å². The molecule has 1 aromatic carbocycles. The van der Waals surface area contributed by atoms with E-state index in [-0.39, 0.29) is 11.7 Å². The van der Waals surface area contributed by atoms with Gasteiger partial charge in [-0.3, -0.25) is 4.79 Å². The maximum Gasteiger partial charge on any atom is 0.291 e. The van der Waals surface area contributed by atoms with Gasteiger partial charge in [-0.25, -0.2) is 14.4 Å². The van der Waals surface area contributed by atoms with Crippen LogP contribution in [0.3, 0.4) is 0 Å². The molecule has 7 nitrogen and oxygen atoms in total. The summed E-state index contributed by atoms with van der Waals surface area (Å²) in [6.45, 7) is 4.95. The fourth-order valence-corrected chi connectivity index (χ4v) is 3.36. The van der Waals surface area contributed by atoms with E-state index in [0.29, 0.717) is 42.1 Å². The molecule has 1 aliphatic heterocycles. The van der Waals surface area contributed by atoms with Crippen molar-refractivity contribution in [2.45, 2.75) is 33.2 Å². The van der Waals surface area contributed by atoms with Gasteiger partial charge in [0.2, 0.25) is 5.76 Å². The summed E-state index contributed by atoms with van der Waals surface area (Å²) in [4.78, 5) is 25.8. The molecule has 150 valence electrons. The second kappa shape index (κ2) is 7.90. The molecule has 29 heavy (non-hydrogen) atoms. The fraction of sp³-hybridized carbons (Fsp3) is 0.286. The summed E-state index contributed by atoms with van der Waals surface area (Å²) in [6, 6.07) is 6.39. The zero-order valence-electron chi connectivity index (χ0n) is 16.2. The summed E-state index contributed by atoms with van der Waals surface area (Å²) >= 11 is 0. The maximum atomic E-state index is 12.8. The normalized spacial score (nSPS) is 13.1. The third-order valence-electron chi connectivity index (χ3n) is 4.84. The Morgan fingerprint density at radius 1 is 1.34 bits per heavy atom. The molecule has 0 saturated carbocycles. The van der Waals surface area contributed by atoms with E-state index in [0.717, 1.165) is 23.5 Å². The molecule has 4 heterocycles. The number of amides is 1. The highest BCUT2D eigenvalue weighted by Crippen LogP contribution is 2.20. The predicted octanol–water partition coefficient (Wildman–Crippen LogP) is 4.04. The Kier molecular flexibility index (Phi) is 5.16. The minimum atomic E-state index is -0.230. The van der Waals surface area contributed by atoms with E-state index in [1.807, 2.05) is 6.92 Å². The van der Waals surface area contributed by atoms with Crippen LogP contribution in [0.2, 0.25) is 0 Å². The van der Waals surface area contributed by atoms with Crippen molar-refractivity contribution in [2.75, 3.05) is 6.54 Å². The Balaban J connectivity index is 0.000000171. The first-order valence-electron chi connectivity index (χ1n) is 9.45. The van der Waals surface area contributed by atoms with Crippen molar-refractivity contribution in [2.24, 2.45) is 0 Å². The highest BCUT2D eigenvalue weighted by Gasteiger charge is 2.27. The molecule has 0 atom stereocenters. The molecular weight excluding hydrogens is 375 g/mol. The Morgan fingerprint density at radius 3 is 3.00 bits per heavy atom. The number of furan rings is 1. The lowest BCUT2D eigenvalue weighted by Crippen LogP contribution is -2.36. The quantitative estimate of drug-likeness (QED) is 0.552. The van der Waals surface area contributed by atoms with E-state index >= 15 is 0 Å². The van der Waals surface area contributed by atoms with Crippen molar-refractivity contribution < 1.29 is 18.0 Å². The number of carbonyl (C=O) groups excluding carboxylic acids is 1. The Morgan fingerprint density at radius 2 is 2.21 bits per heavy atom. The van der Waals surface area contributed by atoms with Crippen LogP contribution < -0.4 is 0 Å². The van der Waals surface area contributed by atoms with Gasteiger partial charge in [-0.05, 0) is 24.6 Å². The average Bonchev–Trinajstić information content (AvgIpc) is 3.46. The Bertz CT molecular complexity index is 1140. The van der Waals surface area contributed by atoms with Crippen LogP contribution in [0.1, 0.15) is 40.5 Å². The highest BCUT2D eigenvalue weighted by molar-refractivity contribution is 5.92. The molecule has 1 aliphatic rings. The number of benzene rings is 1. The van der Waals surface area contributed by atoms with Gasteiger partial charge in [0.15, 0.2) is 5.89 Å². The molecular formula is C21H21FN4O3. The van der Waals surface area contributed by atoms with E-state index in [4.69, 9.17) is 8.83 Å². The van der Waals surface area contributed by atoms with Crippen molar-refractivity contribution in [3.8, 4) is 0 Å². The summed E-state index contributed by atoms with van der Waals surface area (Å²) in [6.07, 6.45) is 4.63. The lowest BCUT2D eigenvalue weighted by Gasteiger charge is -2.25. The van der Waals surface area contributed by atoms with Gasteiger partial charge in [0.25, 0.3) is 5.91 Å². The van der Waals surface area contributed by atoms with Crippen molar-refractivity contribution in [3.63, 3.8) is 0 Å². The minimum Gasteiger partial charge on any atom is -0.464 e. The molecule has 0 aliphatic carbocycles. The SMILES string of the molecule is CCc1nc(C)oc1C(=O)N1CCc2nc[nH]c2C1.Fc1cccc2occc12. The van der Waals surface area contributed by atoms with Gasteiger partial charge >= 0.3 is 0 Å². The van der Waals surface area contributed by atoms with E-state index in [1.165, 1.54) is 12.3 Å². The first-order valence-corrected chi connectivity index (χ1v) is 9.45. The van der Waals surface area contributed by atoms with Gasteiger partial charge in [0.1, 0.15) is 11.4 Å². The van der Waals surface area contributed by atoms with Crippen molar-refractivity contribution >= 4 is 16.9 Å². The van der Waals surface area contributed by atoms with E-state index in [1.54, 1.807) is 36.4 Å². The molecule has 8 heteroatoms. The number of hydrogen-bond donors (Lipinski definition) is 1. The van der Waals surface area contributed by atoms with Crippen LogP contribution in [-0.4, -0.2) is 32.3 Å². The number of rotatable bonds is 2. The number of H-pyrrole nitrogens is 1. The second-order valence-electron chi connectivity index (χ2n) is 6.74. The van der Waals surface area contributed by atoms with Gasteiger partial charge < -0.3 is 18.7 Å². The molecule has 5 rings (SSSR count). The number of aromatic amines is 1. The molecule has 0 radical (unpaired) electrons. The molecule has 0 saturated heterocycles. The second-order valence-corrected chi connectivity index (χ2v) is 6.74. The van der Waals surface area contributed by atoms with E-state index < -0.39 is 0 Å². The molecule has 0 spiro atoms. The zero-order valence-corrected chi connectivity index (χ0v) is 16.2. The third-order valence-corrected chi connectivity index (χ3v) is 4.84. The summed E-state index contributed by atoms with van der Waals surface area (Å²) in [5.74, 6) is 0.603. The van der Waals surface area contributed by atoms with Gasteiger partial charge in [-0.15, -0.1) is 0 Å². The molecule has 4 aromatic rings. The van der Waals surface area contributed by atoms with Crippen molar-refractivity contribution in [1.29, 1.82) is 0 Å². The number of aryl methyl sites for hydroxylation is 2. The topological polar surface area (TPSA) is 88.2 Å². The average molecular weight is 396 g/mol. The number of aromatic nitrogens is 3. The van der Waals surface area contributed by atoms with Gasteiger partial charge in [-0.1, -0.05) is 13.0 Å². The molecule has 0 bridgehead atoms. The number of halogens is 1. The largest absolute Gasteiger partial charge is 0.464 e. The standard InChI is InChI=1S/C13H16N4O2.C8H5FO/c1-3-9-12(19-8(2)16-9)13(18)17-5-4-10-11(6-17)15-7-14-10;9-7-2-1-3-8-6(7)4-5-10-8/h7H,3-6H2,1-2H3,(H,14,15);1-5H. The van der Waals surface area contributed by atoms with Crippen molar-refractivity contribution in [1.82, 2.24) is 19.9 Å². The molecule has 1 amide bonds. The van der Waals surface area contributed by atoms with E-state index in [2.05, 4.69) is 15.0 Å². The highest BCUT2D eigenvalue weighted by atomic mass is 19.1. The molecule has 1 N–H and O–H groups in total. The molecule has 0 unspecified atom stereocenters. The number of nitrogens with zero attached hydrogens (tertiary/aromatic N) is 3. The maximum absolute atomic E-state index is 12.8. The monoisotopic (exact) mass is 396 g/mol. The lowest BCUT2D eigenvalue weighted by molar-refractivity contribution is 0.0696. The van der Waals surface area contributed by atoms with Crippen LogP contribution in [-0.2, 0) is 19.4 Å². The minimum absolute atomic E-state index is 0.0855. The number of nitrogens with one attached hydrogen (secondary N) is 1. The van der Waals surface area contributed by atoms with E-state index in [9.17, 15) is 9.18 Å². The zero-order chi connectivity index (χ0) is 20.4. The smallest absolute Gasteiger partial charge is 0.291 e. The van der Waals surface area contributed by atoms with Crippen LogP contribution >= 0.6 is 0 Å².